The minimum absolute atomic E-state index is 0.253. The number of rotatable bonds is 3. The first-order valence-electron chi connectivity index (χ1n) is 3.24. The molecule has 68 valence electrons. The zero-order valence-electron chi connectivity index (χ0n) is 6.95. The van der Waals surface area contributed by atoms with E-state index in [1.165, 1.54) is 0 Å². The normalized spacial score (nSPS) is 8.42. The lowest BCUT2D eigenvalue weighted by Gasteiger charge is -1.92. The maximum Gasteiger partial charge on any atom is 0.330 e. The zero-order chi connectivity index (χ0) is 9.98. The molecule has 4 heteroatoms. The van der Waals surface area contributed by atoms with Crippen LogP contribution in [0.2, 0.25) is 0 Å². The van der Waals surface area contributed by atoms with Crippen LogP contribution in [-0.2, 0) is 14.3 Å². The van der Waals surface area contributed by atoms with Crippen molar-refractivity contribution in [1.29, 1.82) is 0 Å². The molecular formula is C8H12O4. The van der Waals surface area contributed by atoms with Gasteiger partial charge in [0.05, 0.1) is 6.61 Å². The average Bonchev–Trinajstić information content (AvgIpc) is 2.05. The van der Waals surface area contributed by atoms with Gasteiger partial charge in [-0.3, -0.25) is 0 Å². The second kappa shape index (κ2) is 9.42. The first kappa shape index (κ1) is 13.0. The van der Waals surface area contributed by atoms with Crippen LogP contribution in [-0.4, -0.2) is 23.7 Å². The Labute approximate surface area is 71.2 Å². The van der Waals surface area contributed by atoms with Crippen molar-refractivity contribution >= 4 is 11.9 Å². The number of carbonyl (C=O) groups excluding carboxylic acids is 1. The molecule has 0 aliphatic heterocycles. The molecule has 0 fully saturated rings. The van der Waals surface area contributed by atoms with Crippen LogP contribution in [0.15, 0.2) is 25.3 Å². The maximum atomic E-state index is 10.4. The van der Waals surface area contributed by atoms with Gasteiger partial charge in [0.25, 0.3) is 0 Å². The van der Waals surface area contributed by atoms with Crippen LogP contribution < -0.4 is 0 Å². The van der Waals surface area contributed by atoms with Gasteiger partial charge < -0.3 is 9.84 Å². The van der Waals surface area contributed by atoms with E-state index in [-0.39, 0.29) is 6.61 Å². The summed E-state index contributed by atoms with van der Waals surface area (Å²) in [5.41, 5.74) is 0. The third-order valence-electron chi connectivity index (χ3n) is 0.649. The van der Waals surface area contributed by atoms with E-state index in [1.807, 2.05) is 0 Å². The number of hydrogen-bond donors (Lipinski definition) is 1. The third-order valence-corrected chi connectivity index (χ3v) is 0.649. The molecule has 0 radical (unpaired) electrons. The fourth-order valence-electron chi connectivity index (χ4n) is 0.330. The lowest BCUT2D eigenvalue weighted by molar-refractivity contribution is -0.138. The molecule has 4 nitrogen and oxygen atoms in total. The molecule has 0 saturated carbocycles. The highest BCUT2D eigenvalue weighted by molar-refractivity contribution is 5.90. The van der Waals surface area contributed by atoms with Crippen LogP contribution in [0, 0.1) is 0 Å². The average molecular weight is 172 g/mol. The van der Waals surface area contributed by atoms with Crippen molar-refractivity contribution in [3.63, 3.8) is 0 Å². The molecule has 12 heavy (non-hydrogen) atoms. The fraction of sp³-hybridized carbons (Fsp3) is 0.250. The Morgan fingerprint density at radius 2 is 1.92 bits per heavy atom. The Hall–Kier alpha value is -1.58. The van der Waals surface area contributed by atoms with Gasteiger partial charge in [-0.1, -0.05) is 0 Å². The van der Waals surface area contributed by atoms with Crippen molar-refractivity contribution < 1.29 is 19.4 Å². The molecule has 0 spiro atoms. The quantitative estimate of drug-likeness (QED) is 0.391. The smallest absolute Gasteiger partial charge is 0.330 e. The van der Waals surface area contributed by atoms with E-state index in [9.17, 15) is 9.59 Å². The van der Waals surface area contributed by atoms with Crippen LogP contribution in [0.25, 0.3) is 0 Å². The van der Waals surface area contributed by atoms with Gasteiger partial charge in [-0.25, -0.2) is 9.59 Å². The largest absolute Gasteiger partial charge is 0.478 e. The molecule has 0 unspecified atom stereocenters. The van der Waals surface area contributed by atoms with E-state index in [2.05, 4.69) is 17.9 Å². The van der Waals surface area contributed by atoms with Gasteiger partial charge in [0.15, 0.2) is 0 Å². The van der Waals surface area contributed by atoms with Crippen molar-refractivity contribution in [3.8, 4) is 0 Å². The van der Waals surface area contributed by atoms with Gasteiger partial charge >= 0.3 is 11.9 Å². The van der Waals surface area contributed by atoms with Crippen molar-refractivity contribution in [2.75, 3.05) is 6.61 Å². The predicted molar refractivity (Wildman–Crippen MR) is 44.7 cm³/mol. The minimum atomic E-state index is -1.16. The van der Waals surface area contributed by atoms with Gasteiger partial charge in [-0.05, 0) is 6.92 Å². The van der Waals surface area contributed by atoms with Crippen LogP contribution in [0.4, 0.5) is 0 Å². The molecule has 0 aromatic rings. The first-order valence-corrected chi connectivity index (χ1v) is 3.24. The van der Waals surface area contributed by atoms with Gasteiger partial charge in [0.2, 0.25) is 0 Å². The SMILES string of the molecule is C=C.CCOC(=O)C=CC(=O)O. The summed E-state index contributed by atoms with van der Waals surface area (Å²) in [5.74, 6) is -1.79. The monoisotopic (exact) mass is 172 g/mol. The number of hydrogen-bond acceptors (Lipinski definition) is 3. The molecule has 0 heterocycles. The van der Waals surface area contributed by atoms with Crippen LogP contribution in [0.5, 0.6) is 0 Å². The van der Waals surface area contributed by atoms with E-state index in [0.29, 0.717) is 0 Å². The van der Waals surface area contributed by atoms with Crippen LogP contribution >= 0.6 is 0 Å². The van der Waals surface area contributed by atoms with Gasteiger partial charge in [-0.15, -0.1) is 13.2 Å². The summed E-state index contributed by atoms with van der Waals surface area (Å²) in [6, 6.07) is 0. The Morgan fingerprint density at radius 3 is 2.25 bits per heavy atom. The summed E-state index contributed by atoms with van der Waals surface area (Å²) in [7, 11) is 0. The molecule has 0 atom stereocenters. The number of carboxylic acid groups (broad SMARTS) is 1. The maximum absolute atomic E-state index is 10.4. The molecule has 0 saturated heterocycles. The van der Waals surface area contributed by atoms with E-state index in [4.69, 9.17) is 5.11 Å². The molecule has 1 N–H and O–H groups in total. The molecular weight excluding hydrogens is 160 g/mol. The van der Waals surface area contributed by atoms with Gasteiger partial charge in [0.1, 0.15) is 0 Å². The van der Waals surface area contributed by atoms with E-state index in [0.717, 1.165) is 12.2 Å². The fourth-order valence-corrected chi connectivity index (χ4v) is 0.330. The molecule has 0 bridgehead atoms. The Balaban J connectivity index is 0. The molecule has 0 amide bonds. The van der Waals surface area contributed by atoms with Crippen molar-refractivity contribution in [2.45, 2.75) is 6.92 Å². The zero-order valence-corrected chi connectivity index (χ0v) is 6.95. The molecule has 0 rings (SSSR count). The van der Waals surface area contributed by atoms with Crippen molar-refractivity contribution in [3.05, 3.63) is 25.3 Å². The van der Waals surface area contributed by atoms with Crippen LogP contribution in [0.3, 0.4) is 0 Å². The summed E-state index contributed by atoms with van der Waals surface area (Å²) in [5, 5.41) is 8.04. The first-order chi connectivity index (χ1) is 5.66. The third kappa shape index (κ3) is 11.2. The lowest BCUT2D eigenvalue weighted by Crippen LogP contribution is -2.00. The predicted octanol–water partition coefficient (Wildman–Crippen LogP) is 0.992. The number of esters is 1. The number of ether oxygens (including phenoxy) is 1. The Kier molecular flexibility index (Phi) is 10.2. The van der Waals surface area contributed by atoms with Crippen LogP contribution in [0.1, 0.15) is 6.92 Å². The number of carbonyl (C=O) groups is 2. The minimum Gasteiger partial charge on any atom is -0.478 e. The summed E-state index contributed by atoms with van der Waals surface area (Å²) in [6.45, 7) is 7.90. The second-order valence-electron chi connectivity index (χ2n) is 1.42. The topological polar surface area (TPSA) is 63.6 Å². The molecule has 0 aromatic heterocycles. The highest BCUT2D eigenvalue weighted by atomic mass is 16.5. The Bertz CT molecular complexity index is 172. The highest BCUT2D eigenvalue weighted by Crippen LogP contribution is 1.80. The van der Waals surface area contributed by atoms with E-state index in [1.54, 1.807) is 6.92 Å². The standard InChI is InChI=1S/C6H8O4.C2H4/c1-2-10-6(9)4-3-5(7)8;1-2/h3-4H,2H2,1H3,(H,7,8);1-2H2. The van der Waals surface area contributed by atoms with E-state index < -0.39 is 11.9 Å². The number of carboxylic acids is 1. The second-order valence-corrected chi connectivity index (χ2v) is 1.42. The Morgan fingerprint density at radius 1 is 1.42 bits per heavy atom. The van der Waals surface area contributed by atoms with Crippen molar-refractivity contribution in [1.82, 2.24) is 0 Å². The van der Waals surface area contributed by atoms with E-state index >= 15 is 0 Å². The molecule has 0 aliphatic carbocycles. The number of aliphatic carboxylic acids is 1. The van der Waals surface area contributed by atoms with Gasteiger partial charge in [-0.2, -0.15) is 0 Å². The summed E-state index contributed by atoms with van der Waals surface area (Å²) in [4.78, 5) is 20.2. The molecule has 0 aliphatic rings. The summed E-state index contributed by atoms with van der Waals surface area (Å²) >= 11 is 0. The van der Waals surface area contributed by atoms with Crippen molar-refractivity contribution in [2.24, 2.45) is 0 Å². The summed E-state index contributed by atoms with van der Waals surface area (Å²) in [6.07, 6.45) is 1.60. The highest BCUT2D eigenvalue weighted by Gasteiger charge is 1.94. The summed E-state index contributed by atoms with van der Waals surface area (Å²) < 4.78 is 4.40. The lowest BCUT2D eigenvalue weighted by atomic mass is 10.5. The van der Waals surface area contributed by atoms with Gasteiger partial charge in [0, 0.05) is 12.2 Å². The molecule has 0 aromatic carbocycles.